The zero-order valence-electron chi connectivity index (χ0n) is 13.4. The van der Waals surface area contributed by atoms with Gasteiger partial charge in [0.1, 0.15) is 0 Å². The van der Waals surface area contributed by atoms with Gasteiger partial charge in [-0.15, -0.1) is 0 Å². The summed E-state index contributed by atoms with van der Waals surface area (Å²) in [7, 11) is 1.87. The number of aliphatic hydroxyl groups is 1. The van der Waals surface area contributed by atoms with Gasteiger partial charge in [0.05, 0.1) is 30.2 Å². The minimum Gasteiger partial charge on any atom is -0.395 e. The second kappa shape index (κ2) is 6.58. The minimum absolute atomic E-state index is 0.0400. The molecule has 0 bridgehead atoms. The van der Waals surface area contributed by atoms with Crippen molar-refractivity contribution >= 4 is 11.6 Å². The number of hydrogen-bond acceptors (Lipinski definition) is 4. The number of carbonyl (C=O) groups excluding carboxylic acids is 1. The summed E-state index contributed by atoms with van der Waals surface area (Å²) < 4.78 is 1.77. The van der Waals surface area contributed by atoms with E-state index >= 15 is 0 Å². The molecule has 2 heterocycles. The van der Waals surface area contributed by atoms with E-state index in [1.807, 2.05) is 20.9 Å². The van der Waals surface area contributed by atoms with Crippen molar-refractivity contribution in [2.24, 2.45) is 13.0 Å². The SMILES string of the molecule is Cc1nn(C)c(C)c1NC(=O)CN1CCCC(C)C1CO. The van der Waals surface area contributed by atoms with Gasteiger partial charge in [0, 0.05) is 13.1 Å². The van der Waals surface area contributed by atoms with Crippen LogP contribution in [0.3, 0.4) is 0 Å². The topological polar surface area (TPSA) is 70.4 Å². The summed E-state index contributed by atoms with van der Waals surface area (Å²) in [6, 6.07) is 0.0839. The van der Waals surface area contributed by atoms with Gasteiger partial charge in [0.15, 0.2) is 0 Å². The molecule has 0 spiro atoms. The van der Waals surface area contributed by atoms with Gasteiger partial charge in [-0.05, 0) is 39.2 Å². The molecule has 1 amide bonds. The van der Waals surface area contributed by atoms with Crippen molar-refractivity contribution in [3.63, 3.8) is 0 Å². The average Bonchev–Trinajstić information content (AvgIpc) is 2.66. The Morgan fingerprint density at radius 3 is 2.76 bits per heavy atom. The molecular formula is C15H26N4O2. The van der Waals surface area contributed by atoms with Crippen LogP contribution in [0.1, 0.15) is 31.2 Å². The third kappa shape index (κ3) is 3.44. The third-order valence-corrected chi connectivity index (χ3v) is 4.54. The van der Waals surface area contributed by atoms with Crippen molar-refractivity contribution in [2.75, 3.05) is 25.0 Å². The number of hydrogen-bond donors (Lipinski definition) is 2. The van der Waals surface area contributed by atoms with Gasteiger partial charge < -0.3 is 10.4 Å². The van der Waals surface area contributed by atoms with Crippen molar-refractivity contribution < 1.29 is 9.90 Å². The molecule has 1 saturated heterocycles. The summed E-state index contributed by atoms with van der Waals surface area (Å²) in [5.74, 6) is 0.389. The van der Waals surface area contributed by atoms with Crippen LogP contribution in [0.25, 0.3) is 0 Å². The summed E-state index contributed by atoms with van der Waals surface area (Å²) in [5.41, 5.74) is 2.58. The Morgan fingerprint density at radius 2 is 2.19 bits per heavy atom. The quantitative estimate of drug-likeness (QED) is 0.871. The van der Waals surface area contributed by atoms with Crippen molar-refractivity contribution in [3.8, 4) is 0 Å². The van der Waals surface area contributed by atoms with Crippen LogP contribution in [0.15, 0.2) is 0 Å². The lowest BCUT2D eigenvalue weighted by Gasteiger charge is -2.38. The third-order valence-electron chi connectivity index (χ3n) is 4.54. The van der Waals surface area contributed by atoms with Crippen LogP contribution in [0.2, 0.25) is 0 Å². The molecule has 2 rings (SSSR count). The number of nitrogens with one attached hydrogen (secondary N) is 1. The maximum atomic E-state index is 12.3. The number of likely N-dealkylation sites (tertiary alicyclic amines) is 1. The highest BCUT2D eigenvalue weighted by Gasteiger charge is 2.29. The number of nitrogens with zero attached hydrogens (tertiary/aromatic N) is 3. The van der Waals surface area contributed by atoms with Crippen molar-refractivity contribution in [1.29, 1.82) is 0 Å². The van der Waals surface area contributed by atoms with Gasteiger partial charge in [-0.25, -0.2) is 0 Å². The summed E-state index contributed by atoms with van der Waals surface area (Å²) in [4.78, 5) is 14.4. The first-order chi connectivity index (χ1) is 9.93. The summed E-state index contributed by atoms with van der Waals surface area (Å²) in [6.45, 7) is 7.27. The number of aryl methyl sites for hydroxylation is 2. The molecule has 1 aliphatic rings. The highest BCUT2D eigenvalue weighted by atomic mass is 16.3. The highest BCUT2D eigenvalue weighted by Crippen LogP contribution is 2.23. The van der Waals surface area contributed by atoms with Crippen LogP contribution in [0.5, 0.6) is 0 Å². The molecule has 118 valence electrons. The minimum atomic E-state index is -0.0400. The molecule has 2 unspecified atom stereocenters. The number of aliphatic hydroxyl groups excluding tert-OH is 1. The number of amides is 1. The van der Waals surface area contributed by atoms with Crippen LogP contribution in [-0.4, -0.2) is 51.4 Å². The Hall–Kier alpha value is -1.40. The van der Waals surface area contributed by atoms with E-state index < -0.39 is 0 Å². The van der Waals surface area contributed by atoms with Crippen LogP contribution in [0.4, 0.5) is 5.69 Å². The first kappa shape index (κ1) is 16.0. The first-order valence-electron chi connectivity index (χ1n) is 7.59. The second-order valence-corrected chi connectivity index (χ2v) is 6.06. The van der Waals surface area contributed by atoms with E-state index in [1.54, 1.807) is 4.68 Å². The van der Waals surface area contributed by atoms with Crippen LogP contribution >= 0.6 is 0 Å². The largest absolute Gasteiger partial charge is 0.395 e. The molecule has 1 aromatic heterocycles. The zero-order valence-corrected chi connectivity index (χ0v) is 13.4. The molecule has 2 atom stereocenters. The van der Waals surface area contributed by atoms with Gasteiger partial charge >= 0.3 is 0 Å². The molecule has 1 aromatic rings. The predicted octanol–water partition coefficient (Wildman–Crippen LogP) is 1.07. The Balaban J connectivity index is 2.01. The van der Waals surface area contributed by atoms with E-state index in [-0.39, 0.29) is 18.6 Å². The maximum absolute atomic E-state index is 12.3. The molecule has 0 aliphatic carbocycles. The molecule has 0 aromatic carbocycles. The molecule has 1 aliphatic heterocycles. The summed E-state index contributed by atoms with van der Waals surface area (Å²) >= 11 is 0. The normalized spacial score (nSPS) is 23.3. The van der Waals surface area contributed by atoms with Crippen molar-refractivity contribution in [3.05, 3.63) is 11.4 Å². The fourth-order valence-corrected chi connectivity index (χ4v) is 3.14. The van der Waals surface area contributed by atoms with Gasteiger partial charge in [0.2, 0.25) is 5.91 Å². The molecule has 0 radical (unpaired) electrons. The Kier molecular flexibility index (Phi) is 5.00. The summed E-state index contributed by atoms with van der Waals surface area (Å²) in [6.07, 6.45) is 2.19. The molecule has 21 heavy (non-hydrogen) atoms. The van der Waals surface area contributed by atoms with Crippen LogP contribution < -0.4 is 5.32 Å². The molecule has 6 heteroatoms. The fraction of sp³-hybridized carbons (Fsp3) is 0.733. The molecule has 0 saturated carbocycles. The van der Waals surface area contributed by atoms with Gasteiger partial charge in [-0.2, -0.15) is 5.10 Å². The lowest BCUT2D eigenvalue weighted by Crippen LogP contribution is -2.49. The Bertz CT molecular complexity index is 512. The number of rotatable bonds is 4. The van der Waals surface area contributed by atoms with Gasteiger partial charge in [0.25, 0.3) is 0 Å². The van der Waals surface area contributed by atoms with E-state index in [4.69, 9.17) is 0 Å². The van der Waals surface area contributed by atoms with Gasteiger partial charge in [-0.1, -0.05) is 6.92 Å². The van der Waals surface area contributed by atoms with Crippen molar-refractivity contribution in [2.45, 2.75) is 39.7 Å². The number of carbonyl (C=O) groups is 1. The maximum Gasteiger partial charge on any atom is 0.238 e. The van der Waals surface area contributed by atoms with E-state index in [2.05, 4.69) is 22.2 Å². The van der Waals surface area contributed by atoms with E-state index in [0.717, 1.165) is 36.5 Å². The van der Waals surface area contributed by atoms with Crippen LogP contribution in [-0.2, 0) is 11.8 Å². The van der Waals surface area contributed by atoms with E-state index in [9.17, 15) is 9.90 Å². The fourth-order valence-electron chi connectivity index (χ4n) is 3.14. The second-order valence-electron chi connectivity index (χ2n) is 6.06. The summed E-state index contributed by atoms with van der Waals surface area (Å²) in [5, 5.41) is 16.8. The number of piperidine rings is 1. The molecule has 6 nitrogen and oxygen atoms in total. The lowest BCUT2D eigenvalue weighted by molar-refractivity contribution is -0.118. The number of anilines is 1. The van der Waals surface area contributed by atoms with E-state index in [1.165, 1.54) is 0 Å². The first-order valence-corrected chi connectivity index (χ1v) is 7.59. The lowest BCUT2D eigenvalue weighted by atomic mass is 9.91. The molecule has 1 fully saturated rings. The van der Waals surface area contributed by atoms with E-state index in [0.29, 0.717) is 12.5 Å². The highest BCUT2D eigenvalue weighted by molar-refractivity contribution is 5.93. The predicted molar refractivity (Wildman–Crippen MR) is 82.2 cm³/mol. The average molecular weight is 294 g/mol. The number of aromatic nitrogens is 2. The van der Waals surface area contributed by atoms with Crippen molar-refractivity contribution in [1.82, 2.24) is 14.7 Å². The Labute approximate surface area is 126 Å². The standard InChI is InChI=1S/C15H26N4O2/c1-10-6-5-7-19(13(10)9-20)8-14(21)16-15-11(2)17-18(4)12(15)3/h10,13,20H,5-9H2,1-4H3,(H,16,21). The Morgan fingerprint density at radius 1 is 1.48 bits per heavy atom. The smallest absolute Gasteiger partial charge is 0.238 e. The monoisotopic (exact) mass is 294 g/mol. The van der Waals surface area contributed by atoms with Gasteiger partial charge in [-0.3, -0.25) is 14.4 Å². The van der Waals surface area contributed by atoms with Crippen LogP contribution in [0, 0.1) is 19.8 Å². The molecular weight excluding hydrogens is 268 g/mol. The zero-order chi connectivity index (χ0) is 15.6. The molecule has 2 N–H and O–H groups in total.